The zero-order valence-electron chi connectivity index (χ0n) is 11.9. The van der Waals surface area contributed by atoms with Crippen LogP contribution in [0.3, 0.4) is 0 Å². The van der Waals surface area contributed by atoms with E-state index >= 15 is 0 Å². The van der Waals surface area contributed by atoms with Crippen LogP contribution in [0.4, 0.5) is 0 Å². The molecule has 112 valence electrons. The maximum atomic E-state index is 12.1. The maximum absolute atomic E-state index is 12.1. The van der Waals surface area contributed by atoms with Crippen molar-refractivity contribution in [2.24, 2.45) is 0 Å². The molecule has 1 aromatic heterocycles. The summed E-state index contributed by atoms with van der Waals surface area (Å²) < 4.78 is 32.1. The molecule has 0 aliphatic carbocycles. The molecule has 7 heteroatoms. The van der Waals surface area contributed by atoms with Crippen molar-refractivity contribution < 1.29 is 13.2 Å². The van der Waals surface area contributed by atoms with Crippen LogP contribution in [0.1, 0.15) is 23.6 Å². The van der Waals surface area contributed by atoms with Crippen molar-refractivity contribution in [2.75, 3.05) is 20.7 Å². The molecular formula is C14H17N3O3S. The first-order valence-electron chi connectivity index (χ1n) is 6.69. The lowest BCUT2D eigenvalue weighted by Crippen LogP contribution is -2.27. The van der Waals surface area contributed by atoms with Gasteiger partial charge in [-0.25, -0.2) is 8.96 Å². The van der Waals surface area contributed by atoms with Crippen molar-refractivity contribution in [1.82, 2.24) is 13.3 Å². The van der Waals surface area contributed by atoms with Crippen LogP contribution in [0.25, 0.3) is 0 Å². The van der Waals surface area contributed by atoms with E-state index in [0.717, 1.165) is 31.7 Å². The summed E-state index contributed by atoms with van der Waals surface area (Å²) in [6, 6.07) is 7.80. The minimum Gasteiger partial charge on any atom is -0.493 e. The predicted octanol–water partition coefficient (Wildman–Crippen LogP) is 1.45. The third kappa shape index (κ3) is 2.43. The molecule has 0 fully saturated rings. The molecule has 0 saturated heterocycles. The van der Waals surface area contributed by atoms with Gasteiger partial charge in [-0.15, -0.1) is 0 Å². The first-order chi connectivity index (χ1) is 10.00. The monoisotopic (exact) mass is 307 g/mol. The minimum absolute atomic E-state index is 0.0635. The molecule has 1 aliphatic rings. The number of hydrogen-bond donors (Lipinski definition) is 0. The predicted molar refractivity (Wildman–Crippen MR) is 78.6 cm³/mol. The molecule has 6 nitrogen and oxygen atoms in total. The molecule has 21 heavy (non-hydrogen) atoms. The highest BCUT2D eigenvalue weighted by atomic mass is 32.2. The quantitative estimate of drug-likeness (QED) is 0.861. The van der Waals surface area contributed by atoms with Crippen molar-refractivity contribution in [3.8, 4) is 5.75 Å². The van der Waals surface area contributed by atoms with E-state index in [1.165, 1.54) is 20.4 Å². The standard InChI is InChI=1S/C14H17N3O3S/c1-16(2)21(18,19)17-9-13(15-10-17)11-7-8-20-14-6-4-3-5-12(11)14/h3-6,9-11H,7-8H2,1-2H3. The van der Waals surface area contributed by atoms with Gasteiger partial charge in [-0.2, -0.15) is 12.7 Å². The van der Waals surface area contributed by atoms with Gasteiger partial charge in [0.15, 0.2) is 0 Å². The highest BCUT2D eigenvalue weighted by Gasteiger charge is 2.26. The molecular weight excluding hydrogens is 290 g/mol. The van der Waals surface area contributed by atoms with Gasteiger partial charge in [-0.05, 0) is 12.5 Å². The van der Waals surface area contributed by atoms with Gasteiger partial charge in [-0.3, -0.25) is 0 Å². The number of hydrogen-bond acceptors (Lipinski definition) is 4. The average Bonchev–Trinajstić information content (AvgIpc) is 2.97. The maximum Gasteiger partial charge on any atom is 0.308 e. The van der Waals surface area contributed by atoms with E-state index in [1.54, 1.807) is 6.20 Å². The average molecular weight is 307 g/mol. The number of ether oxygens (including phenoxy) is 1. The van der Waals surface area contributed by atoms with Crippen LogP contribution in [-0.4, -0.2) is 42.4 Å². The molecule has 0 bridgehead atoms. The van der Waals surface area contributed by atoms with Crippen LogP contribution in [0.5, 0.6) is 5.75 Å². The molecule has 0 radical (unpaired) electrons. The summed E-state index contributed by atoms with van der Waals surface area (Å²) in [7, 11) is -0.518. The number of aromatic nitrogens is 2. The van der Waals surface area contributed by atoms with Gasteiger partial charge in [0, 0.05) is 31.8 Å². The molecule has 0 amide bonds. The molecule has 2 heterocycles. The van der Waals surface area contributed by atoms with Crippen molar-refractivity contribution >= 4 is 10.2 Å². The van der Waals surface area contributed by atoms with Crippen LogP contribution < -0.4 is 4.74 Å². The van der Waals surface area contributed by atoms with Gasteiger partial charge < -0.3 is 4.74 Å². The van der Waals surface area contributed by atoms with Crippen LogP contribution in [0.15, 0.2) is 36.8 Å². The molecule has 0 saturated carbocycles. The minimum atomic E-state index is -3.52. The van der Waals surface area contributed by atoms with Crippen LogP contribution >= 0.6 is 0 Å². The molecule has 1 unspecified atom stereocenters. The Bertz CT molecular complexity index is 752. The Morgan fingerprint density at radius 1 is 1.33 bits per heavy atom. The number of fused-ring (bicyclic) bond motifs is 1. The zero-order valence-corrected chi connectivity index (χ0v) is 12.7. The Morgan fingerprint density at radius 2 is 2.10 bits per heavy atom. The Labute approximate surface area is 124 Å². The summed E-state index contributed by atoms with van der Waals surface area (Å²) in [5, 5.41) is 0. The summed E-state index contributed by atoms with van der Waals surface area (Å²) in [5.74, 6) is 0.910. The lowest BCUT2D eigenvalue weighted by atomic mass is 9.91. The van der Waals surface area contributed by atoms with Crippen molar-refractivity contribution in [3.63, 3.8) is 0 Å². The smallest absolute Gasteiger partial charge is 0.308 e. The SMILES string of the molecule is CN(C)S(=O)(=O)n1cnc(C2CCOc3ccccc32)c1. The fourth-order valence-electron chi connectivity index (χ4n) is 2.46. The van der Waals surface area contributed by atoms with Gasteiger partial charge in [-0.1, -0.05) is 18.2 Å². The summed E-state index contributed by atoms with van der Waals surface area (Å²) in [5.41, 5.74) is 1.80. The third-order valence-corrected chi connectivity index (χ3v) is 5.28. The van der Waals surface area contributed by atoms with Crippen molar-refractivity contribution in [1.29, 1.82) is 0 Å². The second-order valence-corrected chi connectivity index (χ2v) is 7.19. The normalized spacial score (nSPS) is 18.3. The number of imidazole rings is 1. The van der Waals surface area contributed by atoms with E-state index in [2.05, 4.69) is 4.98 Å². The summed E-state index contributed by atoms with van der Waals surface area (Å²) in [4.78, 5) is 4.29. The summed E-state index contributed by atoms with van der Waals surface area (Å²) >= 11 is 0. The lowest BCUT2D eigenvalue weighted by molar-refractivity contribution is 0.276. The molecule has 2 aromatic rings. The molecule has 1 aromatic carbocycles. The molecule has 0 spiro atoms. The topological polar surface area (TPSA) is 64.4 Å². The zero-order chi connectivity index (χ0) is 15.0. The number of nitrogens with zero attached hydrogens (tertiary/aromatic N) is 3. The van der Waals surface area contributed by atoms with E-state index in [0.29, 0.717) is 6.61 Å². The van der Waals surface area contributed by atoms with Gasteiger partial charge in [0.1, 0.15) is 12.1 Å². The molecule has 1 aliphatic heterocycles. The van der Waals surface area contributed by atoms with Crippen LogP contribution in [0, 0.1) is 0 Å². The number of benzene rings is 1. The van der Waals surface area contributed by atoms with Gasteiger partial charge in [0.2, 0.25) is 0 Å². The second-order valence-electron chi connectivity index (χ2n) is 5.15. The first-order valence-corrected chi connectivity index (χ1v) is 8.08. The lowest BCUT2D eigenvalue weighted by Gasteiger charge is -2.24. The van der Waals surface area contributed by atoms with E-state index in [9.17, 15) is 8.42 Å². The fourth-order valence-corrected chi connectivity index (χ4v) is 3.25. The van der Waals surface area contributed by atoms with Crippen LogP contribution in [-0.2, 0) is 10.2 Å². The molecule has 0 N–H and O–H groups in total. The van der Waals surface area contributed by atoms with E-state index in [-0.39, 0.29) is 5.92 Å². The Balaban J connectivity index is 1.99. The Kier molecular flexibility index (Phi) is 3.46. The number of rotatable bonds is 3. The fraction of sp³-hybridized carbons (Fsp3) is 0.357. The summed E-state index contributed by atoms with van der Waals surface area (Å²) in [6.07, 6.45) is 3.72. The Morgan fingerprint density at radius 3 is 2.86 bits per heavy atom. The van der Waals surface area contributed by atoms with Gasteiger partial charge in [0.05, 0.1) is 12.3 Å². The van der Waals surface area contributed by atoms with E-state index in [1.807, 2.05) is 24.3 Å². The van der Waals surface area contributed by atoms with Gasteiger partial charge >= 0.3 is 10.2 Å². The highest BCUT2D eigenvalue weighted by molar-refractivity contribution is 7.87. The molecule has 1 atom stereocenters. The number of para-hydroxylation sites is 1. The van der Waals surface area contributed by atoms with E-state index in [4.69, 9.17) is 4.74 Å². The largest absolute Gasteiger partial charge is 0.493 e. The summed E-state index contributed by atoms with van der Waals surface area (Å²) in [6.45, 7) is 0.606. The third-order valence-electron chi connectivity index (χ3n) is 3.62. The second kappa shape index (κ2) is 5.16. The van der Waals surface area contributed by atoms with Crippen molar-refractivity contribution in [2.45, 2.75) is 12.3 Å². The Hall–Kier alpha value is -1.86. The van der Waals surface area contributed by atoms with Crippen molar-refractivity contribution in [3.05, 3.63) is 48.0 Å². The highest BCUT2D eigenvalue weighted by Crippen LogP contribution is 2.37. The van der Waals surface area contributed by atoms with Crippen LogP contribution in [0.2, 0.25) is 0 Å². The first kappa shape index (κ1) is 14.1. The molecule has 3 rings (SSSR count). The van der Waals surface area contributed by atoms with E-state index < -0.39 is 10.2 Å². The van der Waals surface area contributed by atoms with Gasteiger partial charge in [0.25, 0.3) is 0 Å².